The van der Waals surface area contributed by atoms with Crippen molar-refractivity contribution >= 4 is 5.97 Å². The number of hydrogen-bond acceptors (Lipinski definition) is 6. The quantitative estimate of drug-likeness (QED) is 0.308. The Kier molecular flexibility index (Phi) is 8.05. The van der Waals surface area contributed by atoms with E-state index < -0.39 is 11.8 Å². The van der Waals surface area contributed by atoms with E-state index in [0.717, 1.165) is 18.4 Å². The number of rotatable bonds is 10. The van der Waals surface area contributed by atoms with E-state index in [9.17, 15) is 15.0 Å². The third kappa shape index (κ3) is 5.95. The van der Waals surface area contributed by atoms with Crippen LogP contribution in [0.5, 0.6) is 11.5 Å². The molecule has 0 aromatic heterocycles. The smallest absolute Gasteiger partial charge is 0.336 e. The van der Waals surface area contributed by atoms with Gasteiger partial charge in [0.1, 0.15) is 11.5 Å². The molecule has 0 amide bonds. The molecule has 1 aromatic rings. The maximum atomic E-state index is 12.4. The zero-order valence-electron chi connectivity index (χ0n) is 17.3. The largest absolute Gasteiger partial charge is 0.508 e. The summed E-state index contributed by atoms with van der Waals surface area (Å²) in [5.74, 6) is -2.20. The zero-order valence-corrected chi connectivity index (χ0v) is 17.3. The summed E-state index contributed by atoms with van der Waals surface area (Å²) in [4.78, 5) is 12.4. The lowest BCUT2D eigenvalue weighted by atomic mass is 10.0. The van der Waals surface area contributed by atoms with Gasteiger partial charge in [0.25, 0.3) is 5.79 Å². The summed E-state index contributed by atoms with van der Waals surface area (Å²) >= 11 is 0. The number of phenols is 2. The van der Waals surface area contributed by atoms with Crippen molar-refractivity contribution in [1.29, 1.82) is 0 Å². The van der Waals surface area contributed by atoms with Crippen LogP contribution in [0.15, 0.2) is 53.1 Å². The SMILES string of the molecule is CCO[C@@]1(c2cc(O)ccc2O)C=C(CC/C=C(\C)CC/C=C(/C)CO)C(=O)O1. The summed E-state index contributed by atoms with van der Waals surface area (Å²) in [7, 11) is 0. The van der Waals surface area contributed by atoms with Crippen molar-refractivity contribution in [2.45, 2.75) is 52.2 Å². The van der Waals surface area contributed by atoms with E-state index in [1.165, 1.54) is 23.8 Å². The third-order valence-electron chi connectivity index (χ3n) is 4.77. The molecule has 1 aliphatic heterocycles. The summed E-state index contributed by atoms with van der Waals surface area (Å²) in [6.45, 7) is 6.03. The maximum Gasteiger partial charge on any atom is 0.336 e. The van der Waals surface area contributed by atoms with Gasteiger partial charge >= 0.3 is 5.97 Å². The lowest BCUT2D eigenvalue weighted by Gasteiger charge is -2.27. The number of carbonyl (C=O) groups is 1. The third-order valence-corrected chi connectivity index (χ3v) is 4.77. The second kappa shape index (κ2) is 10.3. The molecular weight excluding hydrogens is 372 g/mol. The predicted octanol–water partition coefficient (Wildman–Crippen LogP) is 4.22. The van der Waals surface area contributed by atoms with Gasteiger partial charge in [0.2, 0.25) is 0 Å². The van der Waals surface area contributed by atoms with E-state index in [2.05, 4.69) is 6.08 Å². The highest BCUT2D eigenvalue weighted by Gasteiger charge is 2.44. The first-order valence-corrected chi connectivity index (χ1v) is 9.85. The van der Waals surface area contributed by atoms with Crippen LogP contribution in [0.1, 0.15) is 52.0 Å². The Labute approximate surface area is 171 Å². The fourth-order valence-electron chi connectivity index (χ4n) is 3.18. The first-order valence-electron chi connectivity index (χ1n) is 9.85. The average Bonchev–Trinajstić information content (AvgIpc) is 3.00. The first-order chi connectivity index (χ1) is 13.8. The summed E-state index contributed by atoms with van der Waals surface area (Å²) < 4.78 is 11.2. The number of cyclic esters (lactones) is 1. The summed E-state index contributed by atoms with van der Waals surface area (Å²) in [5, 5.41) is 29.0. The fourth-order valence-corrected chi connectivity index (χ4v) is 3.18. The molecule has 0 saturated heterocycles. The van der Waals surface area contributed by atoms with Gasteiger partial charge in [-0.1, -0.05) is 23.3 Å². The van der Waals surface area contributed by atoms with Gasteiger partial charge in [-0.25, -0.2) is 4.79 Å². The Hall–Kier alpha value is -2.57. The molecule has 0 fully saturated rings. The van der Waals surface area contributed by atoms with Crippen LogP contribution in [0, 0.1) is 0 Å². The number of hydrogen-bond donors (Lipinski definition) is 3. The second-order valence-electron chi connectivity index (χ2n) is 7.20. The molecule has 1 aliphatic rings. The normalized spacial score (nSPS) is 20.0. The van der Waals surface area contributed by atoms with Crippen LogP contribution >= 0.6 is 0 Å². The predicted molar refractivity (Wildman–Crippen MR) is 110 cm³/mol. The molecule has 2 rings (SSSR count). The minimum Gasteiger partial charge on any atom is -0.508 e. The van der Waals surface area contributed by atoms with Gasteiger partial charge in [-0.05, 0) is 64.7 Å². The van der Waals surface area contributed by atoms with Crippen molar-refractivity contribution in [1.82, 2.24) is 0 Å². The van der Waals surface area contributed by atoms with Crippen molar-refractivity contribution in [2.24, 2.45) is 0 Å². The van der Waals surface area contributed by atoms with Gasteiger partial charge in [0.15, 0.2) is 0 Å². The average molecular weight is 402 g/mol. The highest BCUT2D eigenvalue weighted by atomic mass is 16.7. The molecule has 1 aromatic carbocycles. The standard InChI is InChI=1S/C23H30O6/c1-4-28-23(20-13-19(25)11-12-21(20)26)14-18(22(27)29-23)10-6-8-16(2)7-5-9-17(3)15-24/h8-9,11-14,24-26H,4-7,10,15H2,1-3H3/b16-8+,17-9-/t23-/m0/s1. The van der Waals surface area contributed by atoms with E-state index >= 15 is 0 Å². The Bertz CT molecular complexity index is 821. The Morgan fingerprint density at radius 2 is 1.90 bits per heavy atom. The number of aliphatic hydroxyl groups excluding tert-OH is 1. The summed E-state index contributed by atoms with van der Waals surface area (Å²) in [6, 6.07) is 4.03. The number of phenolic OH excluding ortho intramolecular Hbond substituents is 2. The molecule has 6 heteroatoms. The Balaban J connectivity index is 2.11. The molecule has 158 valence electrons. The Morgan fingerprint density at radius 1 is 1.17 bits per heavy atom. The first kappa shape index (κ1) is 22.7. The minimum atomic E-state index is -1.53. The molecule has 1 heterocycles. The van der Waals surface area contributed by atoms with Crippen LogP contribution in [0.4, 0.5) is 0 Å². The Morgan fingerprint density at radius 3 is 2.59 bits per heavy atom. The van der Waals surface area contributed by atoms with E-state index in [0.29, 0.717) is 18.4 Å². The van der Waals surface area contributed by atoms with Crippen LogP contribution in [0.25, 0.3) is 0 Å². The van der Waals surface area contributed by atoms with Crippen molar-refractivity contribution in [3.8, 4) is 11.5 Å². The summed E-state index contributed by atoms with van der Waals surface area (Å²) in [6.07, 6.45) is 8.60. The van der Waals surface area contributed by atoms with Gasteiger partial charge in [-0.15, -0.1) is 0 Å². The van der Waals surface area contributed by atoms with Crippen molar-refractivity contribution in [3.05, 3.63) is 58.7 Å². The van der Waals surface area contributed by atoms with Gasteiger partial charge in [-0.2, -0.15) is 0 Å². The van der Waals surface area contributed by atoms with Gasteiger partial charge in [0.05, 0.1) is 12.2 Å². The number of aromatic hydroxyl groups is 2. The lowest BCUT2D eigenvalue weighted by Crippen LogP contribution is -2.29. The molecule has 0 spiro atoms. The van der Waals surface area contributed by atoms with E-state index in [4.69, 9.17) is 14.6 Å². The van der Waals surface area contributed by atoms with Crippen LogP contribution in [0.3, 0.4) is 0 Å². The van der Waals surface area contributed by atoms with E-state index in [1.807, 2.05) is 19.9 Å². The van der Waals surface area contributed by atoms with Crippen molar-refractivity contribution < 1.29 is 29.6 Å². The highest BCUT2D eigenvalue weighted by Crippen LogP contribution is 2.42. The lowest BCUT2D eigenvalue weighted by molar-refractivity contribution is -0.202. The van der Waals surface area contributed by atoms with E-state index in [-0.39, 0.29) is 30.3 Å². The van der Waals surface area contributed by atoms with Gasteiger partial charge < -0.3 is 24.8 Å². The molecule has 0 unspecified atom stereocenters. The molecule has 29 heavy (non-hydrogen) atoms. The molecular formula is C23H30O6. The molecule has 0 aliphatic carbocycles. The molecule has 3 N–H and O–H groups in total. The fraction of sp³-hybridized carbons (Fsp3) is 0.435. The minimum absolute atomic E-state index is 0.0566. The molecule has 0 radical (unpaired) electrons. The highest BCUT2D eigenvalue weighted by molar-refractivity contribution is 5.91. The number of carbonyl (C=O) groups excluding carboxylic acids is 1. The topological polar surface area (TPSA) is 96.2 Å². The maximum absolute atomic E-state index is 12.4. The summed E-state index contributed by atoms with van der Waals surface area (Å²) in [5.41, 5.74) is 2.83. The van der Waals surface area contributed by atoms with Crippen molar-refractivity contribution in [2.75, 3.05) is 13.2 Å². The van der Waals surface area contributed by atoms with Crippen molar-refractivity contribution in [3.63, 3.8) is 0 Å². The molecule has 0 bridgehead atoms. The second-order valence-corrected chi connectivity index (χ2v) is 7.20. The van der Waals surface area contributed by atoms with Crippen LogP contribution in [-0.2, 0) is 20.1 Å². The van der Waals surface area contributed by atoms with Gasteiger partial charge in [0, 0.05) is 18.3 Å². The number of allylic oxidation sites excluding steroid dienone is 3. The van der Waals surface area contributed by atoms with Gasteiger partial charge in [-0.3, -0.25) is 0 Å². The van der Waals surface area contributed by atoms with Crippen LogP contribution in [-0.4, -0.2) is 34.5 Å². The van der Waals surface area contributed by atoms with Crippen LogP contribution in [0.2, 0.25) is 0 Å². The zero-order chi connectivity index (χ0) is 21.4. The molecule has 1 atom stereocenters. The number of ether oxygens (including phenoxy) is 2. The van der Waals surface area contributed by atoms with Crippen LogP contribution < -0.4 is 0 Å². The monoisotopic (exact) mass is 402 g/mol. The number of esters is 1. The number of aliphatic hydroxyl groups is 1. The number of benzene rings is 1. The molecule has 0 saturated carbocycles. The molecule has 6 nitrogen and oxygen atoms in total. The van der Waals surface area contributed by atoms with E-state index in [1.54, 1.807) is 13.0 Å².